The number of aliphatic hydroxyl groups is 5. The van der Waals surface area contributed by atoms with Gasteiger partial charge >= 0.3 is 65.7 Å². The topological polar surface area (TPSA) is 455 Å². The molecule has 5 heterocycles. The molecule has 4 radical (unpaired) electrons. The van der Waals surface area contributed by atoms with Crippen LogP contribution in [0.4, 0.5) is 0 Å². The molecule has 10 aromatic rings. The minimum Gasteiger partial charge on any atom is -0.456 e. The number of methoxy groups -OCH3 is 2. The predicted molar refractivity (Wildman–Crippen MR) is 552 cm³/mol. The van der Waals surface area contributed by atoms with E-state index in [1.807, 2.05) is 0 Å². The Labute approximate surface area is 877 Å². The molecular weight excluding hydrogens is 1930 g/mol. The third-order valence-electron chi connectivity index (χ3n) is 24.3. The number of esters is 11. The summed E-state index contributed by atoms with van der Waals surface area (Å²) < 4.78 is 102. The summed E-state index contributed by atoms with van der Waals surface area (Å²) >= 11 is 0. The molecule has 5 saturated heterocycles. The number of rotatable bonds is 28. The molecule has 3 unspecified atom stereocenters. The lowest BCUT2D eigenvalue weighted by Crippen LogP contribution is -2.53. The first-order chi connectivity index (χ1) is 69.1. The molecule has 0 aliphatic carbocycles. The van der Waals surface area contributed by atoms with E-state index in [0.717, 1.165) is 0 Å². The first-order valence-corrected chi connectivity index (χ1v) is 46.2. The van der Waals surface area contributed by atoms with Crippen LogP contribution >= 0.6 is 0 Å². The van der Waals surface area contributed by atoms with Crippen molar-refractivity contribution in [2.75, 3.05) is 14.2 Å². The monoisotopic (exact) mass is 2070 g/mol. The van der Waals surface area contributed by atoms with E-state index in [9.17, 15) is 73.2 Å². The summed E-state index contributed by atoms with van der Waals surface area (Å²) in [4.78, 5) is 141. The van der Waals surface area contributed by atoms with Gasteiger partial charge in [-0.25, -0.2) is 47.9 Å². The molecule has 10 aromatic carbocycles. The maximum absolute atomic E-state index is 13.2. The Hall–Kier alpha value is -14.0. The quantitative estimate of drug-likeness (QED) is 0.0173. The van der Waals surface area contributed by atoms with Crippen molar-refractivity contribution >= 4 is 81.4 Å². The fourth-order valence-electron chi connectivity index (χ4n) is 16.1. The van der Waals surface area contributed by atoms with Gasteiger partial charge in [-0.2, -0.15) is 0 Å². The Morgan fingerprint density at radius 2 is 0.480 bits per heavy atom. The van der Waals surface area contributed by atoms with Gasteiger partial charge < -0.3 is 111 Å². The highest BCUT2D eigenvalue weighted by Gasteiger charge is 2.65. The molecule has 5 aliphatic heterocycles. The van der Waals surface area contributed by atoms with Gasteiger partial charge in [-0.15, -0.1) is 0 Å². The van der Waals surface area contributed by atoms with E-state index in [1.165, 1.54) is 55.8 Å². The molecule has 800 valence electrons. The molecule has 0 spiro atoms. The van der Waals surface area contributed by atoms with Gasteiger partial charge in [0, 0.05) is 27.1 Å². The minimum absolute atomic E-state index is 0. The van der Waals surface area contributed by atoms with Crippen molar-refractivity contribution in [2.45, 2.75) is 264 Å². The summed E-state index contributed by atoms with van der Waals surface area (Å²) in [5, 5.41) is 48.4. The van der Waals surface area contributed by atoms with Crippen LogP contribution in [0.2, 0.25) is 0 Å². The van der Waals surface area contributed by atoms with Crippen molar-refractivity contribution < 1.29 is 164 Å². The first kappa shape index (κ1) is 125. The van der Waals surface area contributed by atoms with Crippen LogP contribution in [-0.2, 0) is 90.1 Å². The van der Waals surface area contributed by atoms with Crippen LogP contribution in [-0.4, -0.2) is 272 Å². The van der Waals surface area contributed by atoms with Crippen molar-refractivity contribution in [2.24, 2.45) is 0 Å². The summed E-state index contributed by atoms with van der Waals surface area (Å²) in [6, 6.07) is 81.5. The van der Waals surface area contributed by atoms with Gasteiger partial charge in [0.05, 0.1) is 67.7 Å². The Morgan fingerprint density at radius 1 is 0.273 bits per heavy atom. The van der Waals surface area contributed by atoms with Crippen molar-refractivity contribution in [3.8, 4) is 0 Å². The first-order valence-electron chi connectivity index (χ1n) is 46.2. The molecule has 15 rings (SSSR count). The molecule has 0 saturated carbocycles. The zero-order chi connectivity index (χ0) is 105. The number of hydrogen-bond donors (Lipinski definition) is 5. The van der Waals surface area contributed by atoms with Crippen LogP contribution in [0.1, 0.15) is 217 Å². The SMILES string of the molecule is C.C.C.C.C.CC(=O)OC1O[C@H]([C@@H](C)OC(=O)c2ccccc2)[C@@H](OC(=O)c2ccccc2)[C@@]1(C)OC(=O)c1ccccc1.COC1O[C@H]([C@@H](C)OC(=O)c2ccccc2)[C@@H](O)[C@@]1(C)O.COC1O[C@H]([C@@H](C)OC(=O)c2ccccc2)[C@@H](OC(=O)c2ccccc2)[C@@]1(C)OC(=O)c1ccccc1.[B][C@@H]1O[C@H]([C@@H](C)O)[C@@H](O)[C@@]1(C)O.[B][C@@H]1O[C@H]([C@@H](C)OC(=O)c2ccccc2)[C@@H](OC(=O)c2ccccc2)[C@@]1(C)OC(=O)c1ccccc1. The number of hydrogen-bond acceptors (Lipinski definition) is 34. The van der Waals surface area contributed by atoms with Crippen molar-refractivity contribution in [3.63, 3.8) is 0 Å². The maximum Gasteiger partial charge on any atom is 0.339 e. The summed E-state index contributed by atoms with van der Waals surface area (Å²) in [5.74, 6) is -7.14. The van der Waals surface area contributed by atoms with E-state index in [4.69, 9.17) is 106 Å². The lowest BCUT2D eigenvalue weighted by Gasteiger charge is -2.34. The highest BCUT2D eigenvalue weighted by atomic mass is 16.8. The average Bonchev–Trinajstić information content (AvgIpc) is 1.58. The average molecular weight is 2070 g/mol. The van der Waals surface area contributed by atoms with Gasteiger partial charge in [0.1, 0.15) is 94.0 Å². The smallest absolute Gasteiger partial charge is 0.339 e. The van der Waals surface area contributed by atoms with Crippen LogP contribution < -0.4 is 0 Å². The van der Waals surface area contributed by atoms with Crippen LogP contribution in [0.3, 0.4) is 0 Å². The number of ether oxygens (including phenoxy) is 18. The van der Waals surface area contributed by atoms with Gasteiger partial charge in [-0.3, -0.25) is 4.79 Å². The summed E-state index contributed by atoms with van der Waals surface area (Å²) in [6.07, 6.45) is -18.8. The largest absolute Gasteiger partial charge is 0.456 e. The van der Waals surface area contributed by atoms with E-state index < -0.39 is 216 Å². The van der Waals surface area contributed by atoms with Crippen molar-refractivity contribution in [3.05, 3.63) is 359 Å². The van der Waals surface area contributed by atoms with Crippen LogP contribution in [0.15, 0.2) is 303 Å². The molecule has 5 aliphatic rings. The molecule has 25 atom stereocenters. The zero-order valence-corrected chi connectivity index (χ0v) is 81.6. The van der Waals surface area contributed by atoms with Crippen LogP contribution in [0.25, 0.3) is 0 Å². The normalized spacial score (nSPS) is 26.3. The summed E-state index contributed by atoms with van der Waals surface area (Å²) in [6.45, 7) is 16.3. The number of carbonyl (C=O) groups excluding carboxylic acids is 11. The molecule has 5 fully saturated rings. The zero-order valence-electron chi connectivity index (χ0n) is 81.6. The predicted octanol–water partition coefficient (Wildman–Crippen LogP) is 15.0. The third kappa shape index (κ3) is 30.9. The van der Waals surface area contributed by atoms with E-state index in [-0.39, 0.29) is 48.3 Å². The lowest BCUT2D eigenvalue weighted by atomic mass is 9.80. The molecule has 5 N–H and O–H groups in total. The Bertz CT molecular complexity index is 5930. The fourth-order valence-corrected chi connectivity index (χ4v) is 16.1. The van der Waals surface area contributed by atoms with Crippen LogP contribution in [0.5, 0.6) is 0 Å². The highest BCUT2D eigenvalue weighted by Crippen LogP contribution is 2.45. The minimum atomic E-state index is -1.80. The standard InChI is InChI=1S/C30H28O9.C29H28O8.C28H25BO7.C15H20O6.C7H13BO4.5CH4/c1-19(35-26(32)21-13-7-4-8-14-21)24-25(38-27(33)22-15-9-5-10-16-22)30(3,29(37-24)36-20(2)31)39-28(34)23-17-11-6-12-18-23;1-19(34-25(30)20-13-7-4-8-14-20)23-24(36-26(31)21-15-9-5-10-16-21)29(2,28(33-3)35-23)37-27(32)22-17-11-6-12-18-22;1-18(33-24(30)19-12-6-3-7-13-19)22-23(35-25(31)20-14-8-4-9-15-20)28(2,27(29)34-22)36-26(32)21-16-10-5-11-17-21;1-9(20-13(17)10-7-5-4-6-8-10)11-12(16)15(2,18)14(19-3)21-11;1-3(9)4-5(10)7(2,11)6(8)12-4;;;;;/h4-19,24-25,29H,1-3H3;4-19,23-24,28H,1-3H3;3-18,22-23,27H,1-2H3;4-9,11-12,14,16,18H,1-3H3;3-6,9-11H,1-2H3;5*1H4/t19-,24-,25-,29?,30-;19-,23-,24-,28?,29-;18-,22-,23-,27-,28-;9-,11-,12-,14?,15-;3-,4-,5-,6-,7-;;;;;/m11111...../s1. The van der Waals surface area contributed by atoms with Gasteiger partial charge in [0.25, 0.3) is 0 Å². The molecule has 150 heavy (non-hydrogen) atoms. The summed E-state index contributed by atoms with van der Waals surface area (Å²) in [7, 11) is 14.4. The highest BCUT2D eigenvalue weighted by molar-refractivity contribution is 6.13. The second-order valence-electron chi connectivity index (χ2n) is 35.3. The number of benzene rings is 10. The number of carbonyl (C=O) groups is 11. The van der Waals surface area contributed by atoms with Crippen LogP contribution in [0, 0.1) is 0 Å². The van der Waals surface area contributed by atoms with E-state index in [1.54, 1.807) is 338 Å². The van der Waals surface area contributed by atoms with E-state index in [2.05, 4.69) is 0 Å². The van der Waals surface area contributed by atoms with Gasteiger partial charge in [0.2, 0.25) is 18.2 Å². The maximum atomic E-state index is 13.2. The second kappa shape index (κ2) is 56.6. The fraction of sp³-hybridized carbons (Fsp3) is 0.377. The van der Waals surface area contributed by atoms with E-state index in [0.29, 0.717) is 44.5 Å². The molecule has 0 aromatic heterocycles. The molecule has 36 heteroatoms. The van der Waals surface area contributed by atoms with Gasteiger partial charge in [-0.05, 0) is 191 Å². The lowest BCUT2D eigenvalue weighted by molar-refractivity contribution is -0.208. The Kier molecular flexibility index (Phi) is 47.0. The summed E-state index contributed by atoms with van der Waals surface area (Å²) in [5.41, 5.74) is -4.93. The molecule has 0 bridgehead atoms. The van der Waals surface area contributed by atoms with E-state index >= 15 is 0 Å². The van der Waals surface area contributed by atoms with Gasteiger partial charge in [0.15, 0.2) is 35.8 Å². The molecule has 0 amide bonds. The molecule has 34 nitrogen and oxygen atoms in total. The third-order valence-corrected chi connectivity index (χ3v) is 24.3. The van der Waals surface area contributed by atoms with Gasteiger partial charge in [-0.1, -0.05) is 219 Å². The van der Waals surface area contributed by atoms with Crippen molar-refractivity contribution in [1.82, 2.24) is 0 Å². The Morgan fingerprint density at radius 3 is 0.713 bits per heavy atom. The second-order valence-corrected chi connectivity index (χ2v) is 35.3. The molecular formula is C114H134B2O34. The number of aliphatic hydroxyl groups excluding tert-OH is 3. The Balaban J connectivity index is 0.000000295. The van der Waals surface area contributed by atoms with Crippen molar-refractivity contribution in [1.29, 1.82) is 0 Å².